The van der Waals surface area contributed by atoms with Crippen LogP contribution in [0.2, 0.25) is 0 Å². The summed E-state index contributed by atoms with van der Waals surface area (Å²) in [5.41, 5.74) is 2.91. The van der Waals surface area contributed by atoms with Gasteiger partial charge < -0.3 is 24.5 Å². The summed E-state index contributed by atoms with van der Waals surface area (Å²) in [6.07, 6.45) is 0.924. The minimum absolute atomic E-state index is 0.113. The van der Waals surface area contributed by atoms with Gasteiger partial charge in [0.15, 0.2) is 0 Å². The molecule has 23 heavy (non-hydrogen) atoms. The summed E-state index contributed by atoms with van der Waals surface area (Å²) in [6.45, 7) is 2.45. The molecule has 2 N–H and O–H groups in total. The number of fused-ring (bicyclic) bond motifs is 1. The van der Waals surface area contributed by atoms with Gasteiger partial charge in [0, 0.05) is 23.0 Å². The second kappa shape index (κ2) is 5.96. The molecule has 0 bridgehead atoms. The number of hydrogen-bond acceptors (Lipinski definition) is 4. The lowest BCUT2D eigenvalue weighted by molar-refractivity contribution is 0.0538. The Morgan fingerprint density at radius 1 is 1.26 bits per heavy atom. The van der Waals surface area contributed by atoms with Crippen molar-refractivity contribution in [2.24, 2.45) is 0 Å². The van der Waals surface area contributed by atoms with Crippen LogP contribution in [0.4, 0.5) is 0 Å². The third-order valence-corrected chi connectivity index (χ3v) is 4.26. The highest BCUT2D eigenvalue weighted by molar-refractivity contribution is 5.95. The fourth-order valence-electron chi connectivity index (χ4n) is 3.09. The Morgan fingerprint density at radius 3 is 2.57 bits per heavy atom. The first kappa shape index (κ1) is 15.4. The lowest BCUT2D eigenvalue weighted by Crippen LogP contribution is -2.38. The second-order valence-corrected chi connectivity index (χ2v) is 5.58. The van der Waals surface area contributed by atoms with Gasteiger partial charge in [0.2, 0.25) is 0 Å². The predicted molar refractivity (Wildman–Crippen MR) is 84.8 cm³/mol. The summed E-state index contributed by atoms with van der Waals surface area (Å²) in [5.74, 6) is 1.14. The van der Waals surface area contributed by atoms with E-state index in [0.29, 0.717) is 29.2 Å². The standard InChI is InChI=1S/C17H20N2O4/c1-10-11(6-7-18-10)17(21)19-8-12-14(22-2)4-5-15(23-3)16(12)13(20)9-19/h4-7,13,18,20H,8-9H2,1-3H3/t13-/m1/s1. The number of aromatic amines is 1. The molecule has 1 aromatic carbocycles. The summed E-state index contributed by atoms with van der Waals surface area (Å²) >= 11 is 0. The molecule has 3 rings (SSSR count). The summed E-state index contributed by atoms with van der Waals surface area (Å²) < 4.78 is 10.7. The van der Waals surface area contributed by atoms with Crippen LogP contribution in [0.1, 0.15) is 33.3 Å². The maximum absolute atomic E-state index is 12.7. The number of nitrogens with zero attached hydrogens (tertiary/aromatic N) is 1. The van der Waals surface area contributed by atoms with E-state index < -0.39 is 6.10 Å². The van der Waals surface area contributed by atoms with Crippen LogP contribution < -0.4 is 9.47 Å². The topological polar surface area (TPSA) is 74.8 Å². The van der Waals surface area contributed by atoms with Gasteiger partial charge in [-0.05, 0) is 25.1 Å². The van der Waals surface area contributed by atoms with Crippen LogP contribution in [0.5, 0.6) is 11.5 Å². The van der Waals surface area contributed by atoms with Gasteiger partial charge >= 0.3 is 0 Å². The van der Waals surface area contributed by atoms with Crippen molar-refractivity contribution in [1.82, 2.24) is 9.88 Å². The minimum atomic E-state index is -0.813. The molecule has 0 saturated carbocycles. The Morgan fingerprint density at radius 2 is 1.96 bits per heavy atom. The quantitative estimate of drug-likeness (QED) is 0.908. The van der Waals surface area contributed by atoms with Gasteiger partial charge in [0.25, 0.3) is 5.91 Å². The van der Waals surface area contributed by atoms with E-state index in [1.807, 2.05) is 6.92 Å². The molecule has 2 aromatic rings. The van der Waals surface area contributed by atoms with Crippen molar-refractivity contribution in [2.75, 3.05) is 20.8 Å². The van der Waals surface area contributed by atoms with Gasteiger partial charge in [-0.25, -0.2) is 0 Å². The molecule has 0 radical (unpaired) electrons. The van der Waals surface area contributed by atoms with Crippen molar-refractivity contribution in [3.05, 3.63) is 46.8 Å². The van der Waals surface area contributed by atoms with Crippen molar-refractivity contribution in [3.63, 3.8) is 0 Å². The van der Waals surface area contributed by atoms with Crippen LogP contribution in [-0.2, 0) is 6.54 Å². The van der Waals surface area contributed by atoms with E-state index in [-0.39, 0.29) is 12.5 Å². The lowest BCUT2D eigenvalue weighted by Gasteiger charge is -2.34. The van der Waals surface area contributed by atoms with Gasteiger partial charge in [0.1, 0.15) is 17.6 Å². The Labute approximate surface area is 134 Å². The predicted octanol–water partition coefficient (Wildman–Crippen LogP) is 2.03. The number of nitrogens with one attached hydrogen (secondary N) is 1. The number of aryl methyl sites for hydroxylation is 1. The highest BCUT2D eigenvalue weighted by Crippen LogP contribution is 2.39. The number of β-amino-alcohol motifs (C(OH)–C–C–N with tert-alkyl or cyclic N) is 1. The first-order valence-electron chi connectivity index (χ1n) is 7.41. The highest BCUT2D eigenvalue weighted by Gasteiger charge is 2.32. The van der Waals surface area contributed by atoms with Gasteiger partial charge in [-0.1, -0.05) is 0 Å². The van der Waals surface area contributed by atoms with Crippen LogP contribution in [0.15, 0.2) is 24.4 Å². The average molecular weight is 316 g/mol. The fraction of sp³-hybridized carbons (Fsp3) is 0.353. The Balaban J connectivity index is 2.00. The molecule has 0 unspecified atom stereocenters. The van der Waals surface area contributed by atoms with Crippen LogP contribution in [-0.4, -0.2) is 41.7 Å². The van der Waals surface area contributed by atoms with Crippen LogP contribution in [0.3, 0.4) is 0 Å². The average Bonchev–Trinajstić information content (AvgIpc) is 2.98. The first-order valence-corrected chi connectivity index (χ1v) is 7.41. The Bertz CT molecular complexity index is 738. The number of aliphatic hydroxyl groups excluding tert-OH is 1. The molecular formula is C17H20N2O4. The normalized spacial score (nSPS) is 16.9. The zero-order chi connectivity index (χ0) is 16.6. The van der Waals surface area contributed by atoms with Crippen molar-refractivity contribution in [3.8, 4) is 11.5 Å². The third kappa shape index (κ3) is 2.55. The number of aliphatic hydroxyl groups is 1. The lowest BCUT2D eigenvalue weighted by atomic mass is 9.94. The monoisotopic (exact) mass is 316 g/mol. The van der Waals surface area contributed by atoms with Crippen molar-refractivity contribution >= 4 is 5.91 Å². The second-order valence-electron chi connectivity index (χ2n) is 5.58. The van der Waals surface area contributed by atoms with Crippen molar-refractivity contribution in [2.45, 2.75) is 19.6 Å². The molecule has 6 heteroatoms. The first-order chi connectivity index (χ1) is 11.1. The number of aromatic nitrogens is 1. The molecule has 0 spiro atoms. The summed E-state index contributed by atoms with van der Waals surface area (Å²) in [4.78, 5) is 17.3. The van der Waals surface area contributed by atoms with Gasteiger partial charge in [-0.15, -0.1) is 0 Å². The van der Waals surface area contributed by atoms with E-state index in [2.05, 4.69) is 4.98 Å². The summed E-state index contributed by atoms with van der Waals surface area (Å²) in [6, 6.07) is 5.32. The number of amides is 1. The number of carbonyl (C=O) groups is 1. The van der Waals surface area contributed by atoms with Crippen LogP contribution in [0, 0.1) is 6.92 Å². The molecule has 0 fully saturated rings. The number of H-pyrrole nitrogens is 1. The molecule has 0 saturated heterocycles. The molecule has 6 nitrogen and oxygen atoms in total. The van der Waals surface area contributed by atoms with Crippen molar-refractivity contribution < 1.29 is 19.4 Å². The molecule has 1 aromatic heterocycles. The smallest absolute Gasteiger partial charge is 0.256 e. The SMILES string of the molecule is COc1ccc(OC)c2c1CN(C(=O)c1cc[nH]c1C)C[C@H]2O. The molecule has 122 valence electrons. The molecule has 2 heterocycles. The summed E-state index contributed by atoms with van der Waals surface area (Å²) in [5, 5.41) is 10.5. The number of rotatable bonds is 3. The highest BCUT2D eigenvalue weighted by atomic mass is 16.5. The van der Waals surface area contributed by atoms with E-state index in [1.54, 1.807) is 43.5 Å². The van der Waals surface area contributed by atoms with Crippen molar-refractivity contribution in [1.29, 1.82) is 0 Å². The van der Waals surface area contributed by atoms with Gasteiger partial charge in [-0.3, -0.25) is 4.79 Å². The van der Waals surface area contributed by atoms with E-state index >= 15 is 0 Å². The maximum atomic E-state index is 12.7. The Kier molecular flexibility index (Phi) is 4.00. The number of ether oxygens (including phenoxy) is 2. The van der Waals surface area contributed by atoms with E-state index in [4.69, 9.17) is 9.47 Å². The van der Waals surface area contributed by atoms with E-state index in [0.717, 1.165) is 11.3 Å². The molecule has 1 amide bonds. The number of hydrogen-bond donors (Lipinski definition) is 2. The van der Waals surface area contributed by atoms with Gasteiger partial charge in [-0.2, -0.15) is 0 Å². The Hall–Kier alpha value is -2.47. The summed E-state index contributed by atoms with van der Waals surface area (Å²) in [7, 11) is 3.14. The zero-order valence-electron chi connectivity index (χ0n) is 13.4. The van der Waals surface area contributed by atoms with E-state index in [1.165, 1.54) is 0 Å². The zero-order valence-corrected chi connectivity index (χ0v) is 13.4. The van der Waals surface area contributed by atoms with E-state index in [9.17, 15) is 9.90 Å². The molecular weight excluding hydrogens is 296 g/mol. The number of carbonyl (C=O) groups excluding carboxylic acids is 1. The van der Waals surface area contributed by atoms with Crippen LogP contribution >= 0.6 is 0 Å². The minimum Gasteiger partial charge on any atom is -0.496 e. The third-order valence-electron chi connectivity index (χ3n) is 4.26. The maximum Gasteiger partial charge on any atom is 0.256 e. The van der Waals surface area contributed by atoms with Crippen LogP contribution in [0.25, 0.3) is 0 Å². The van der Waals surface area contributed by atoms with Gasteiger partial charge in [0.05, 0.1) is 32.9 Å². The number of benzene rings is 1. The molecule has 1 aliphatic rings. The molecule has 0 aliphatic carbocycles. The number of methoxy groups -OCH3 is 2. The largest absolute Gasteiger partial charge is 0.496 e. The molecule has 1 atom stereocenters. The molecule has 1 aliphatic heterocycles. The fourth-order valence-corrected chi connectivity index (χ4v) is 3.09.